The number of hydrogen-bond acceptors (Lipinski definition) is 2. The van der Waals surface area contributed by atoms with Crippen molar-refractivity contribution in [2.45, 2.75) is 32.7 Å². The largest absolute Gasteiger partial charge is 0.305 e. The van der Waals surface area contributed by atoms with E-state index >= 15 is 0 Å². The number of rotatable bonds is 6. The highest BCUT2D eigenvalue weighted by molar-refractivity contribution is 9.10. The molecule has 1 unspecified atom stereocenters. The van der Waals surface area contributed by atoms with Crippen LogP contribution in [0.5, 0.6) is 0 Å². The Bertz CT molecular complexity index is 554. The first-order valence-corrected chi connectivity index (χ1v) is 7.98. The Hall–Kier alpha value is -1.19. The Morgan fingerprint density at radius 3 is 2.75 bits per heavy atom. The average Bonchev–Trinajstić information content (AvgIpc) is 2.46. The summed E-state index contributed by atoms with van der Waals surface area (Å²) < 4.78 is 1.05. The molecular weight excluding hydrogens is 312 g/mol. The summed E-state index contributed by atoms with van der Waals surface area (Å²) in [5, 5.41) is 3.53. The van der Waals surface area contributed by atoms with E-state index in [0.29, 0.717) is 0 Å². The summed E-state index contributed by atoms with van der Waals surface area (Å²) >= 11 is 3.61. The van der Waals surface area contributed by atoms with Crippen LogP contribution in [0.15, 0.2) is 47.1 Å². The molecule has 1 aromatic carbocycles. The molecule has 1 heterocycles. The number of aryl methyl sites for hydroxylation is 1. The maximum Gasteiger partial charge on any atom is 0.0763 e. The van der Waals surface area contributed by atoms with Crippen LogP contribution in [0.3, 0.4) is 0 Å². The van der Waals surface area contributed by atoms with Crippen molar-refractivity contribution >= 4 is 15.9 Å². The van der Waals surface area contributed by atoms with E-state index in [2.05, 4.69) is 64.3 Å². The highest BCUT2D eigenvalue weighted by atomic mass is 79.9. The van der Waals surface area contributed by atoms with Crippen LogP contribution in [0.2, 0.25) is 0 Å². The van der Waals surface area contributed by atoms with E-state index < -0.39 is 0 Å². The Labute approximate surface area is 129 Å². The normalized spacial score (nSPS) is 12.3. The molecule has 0 fully saturated rings. The Balaban J connectivity index is 2.38. The smallest absolute Gasteiger partial charge is 0.0763 e. The predicted octanol–water partition coefficient (Wildman–Crippen LogP) is 4.50. The Morgan fingerprint density at radius 1 is 1.20 bits per heavy atom. The van der Waals surface area contributed by atoms with Crippen molar-refractivity contribution in [3.05, 3.63) is 63.9 Å². The second kappa shape index (κ2) is 7.55. The van der Waals surface area contributed by atoms with E-state index in [1.807, 2.05) is 18.3 Å². The fraction of sp³-hybridized carbons (Fsp3) is 0.353. The number of aromatic nitrogens is 1. The van der Waals surface area contributed by atoms with Crippen molar-refractivity contribution in [3.8, 4) is 0 Å². The monoisotopic (exact) mass is 332 g/mol. The van der Waals surface area contributed by atoms with Crippen LogP contribution in [0.25, 0.3) is 0 Å². The van der Waals surface area contributed by atoms with Crippen molar-refractivity contribution in [2.75, 3.05) is 6.54 Å². The molecule has 0 bridgehead atoms. The summed E-state index contributed by atoms with van der Waals surface area (Å²) in [6.07, 6.45) is 4.14. The first kappa shape index (κ1) is 15.2. The molecule has 0 amide bonds. The van der Waals surface area contributed by atoms with Crippen LogP contribution >= 0.6 is 15.9 Å². The van der Waals surface area contributed by atoms with Gasteiger partial charge in [-0.3, -0.25) is 4.98 Å². The fourth-order valence-corrected chi connectivity index (χ4v) is 2.89. The molecule has 0 aliphatic heterocycles. The molecule has 2 nitrogen and oxygen atoms in total. The highest BCUT2D eigenvalue weighted by Gasteiger charge is 2.17. The first-order valence-electron chi connectivity index (χ1n) is 7.18. The van der Waals surface area contributed by atoms with Gasteiger partial charge in [0.15, 0.2) is 0 Å². The van der Waals surface area contributed by atoms with Gasteiger partial charge < -0.3 is 5.32 Å². The van der Waals surface area contributed by atoms with Crippen molar-refractivity contribution in [2.24, 2.45) is 0 Å². The summed E-state index contributed by atoms with van der Waals surface area (Å²) in [7, 11) is 0. The minimum absolute atomic E-state index is 0.132. The number of hydrogen-bond donors (Lipinski definition) is 1. The van der Waals surface area contributed by atoms with Crippen molar-refractivity contribution in [1.29, 1.82) is 0 Å². The van der Waals surface area contributed by atoms with Crippen LogP contribution in [0.4, 0.5) is 0 Å². The third kappa shape index (κ3) is 3.68. The van der Waals surface area contributed by atoms with E-state index in [1.54, 1.807) is 0 Å². The van der Waals surface area contributed by atoms with E-state index in [1.165, 1.54) is 17.5 Å². The molecule has 1 aromatic heterocycles. The number of pyridine rings is 1. The van der Waals surface area contributed by atoms with Crippen molar-refractivity contribution in [1.82, 2.24) is 10.3 Å². The van der Waals surface area contributed by atoms with Crippen LogP contribution in [-0.2, 0) is 6.42 Å². The maximum absolute atomic E-state index is 4.54. The van der Waals surface area contributed by atoms with Gasteiger partial charge in [-0.25, -0.2) is 0 Å². The Kier molecular flexibility index (Phi) is 5.74. The van der Waals surface area contributed by atoms with Crippen molar-refractivity contribution in [3.63, 3.8) is 0 Å². The van der Waals surface area contributed by atoms with Crippen LogP contribution in [0.1, 0.15) is 43.1 Å². The maximum atomic E-state index is 4.54. The second-order valence-corrected chi connectivity index (χ2v) is 5.71. The summed E-state index contributed by atoms with van der Waals surface area (Å²) in [6.45, 7) is 5.25. The topological polar surface area (TPSA) is 24.9 Å². The van der Waals surface area contributed by atoms with Gasteiger partial charge in [0.1, 0.15) is 0 Å². The third-order valence-electron chi connectivity index (χ3n) is 3.29. The zero-order chi connectivity index (χ0) is 14.4. The lowest BCUT2D eigenvalue weighted by Crippen LogP contribution is -2.23. The number of halogens is 1. The standard InChI is InChI=1S/C17H21BrN2/c1-3-7-13-8-5-9-14(12-13)16(19-4-2)17-15(18)10-6-11-20-17/h5-6,8-12,16,19H,3-4,7H2,1-2H3. The Morgan fingerprint density at radius 2 is 2.05 bits per heavy atom. The SMILES string of the molecule is CCCc1cccc(C(NCC)c2ncccc2Br)c1. The molecule has 0 saturated carbocycles. The highest BCUT2D eigenvalue weighted by Crippen LogP contribution is 2.27. The molecule has 2 aromatic rings. The molecular formula is C17H21BrN2. The van der Waals surface area contributed by atoms with Gasteiger partial charge in [0.2, 0.25) is 0 Å². The molecule has 1 N–H and O–H groups in total. The molecule has 0 radical (unpaired) electrons. The van der Waals surface area contributed by atoms with Gasteiger partial charge in [-0.2, -0.15) is 0 Å². The van der Waals surface area contributed by atoms with E-state index in [-0.39, 0.29) is 6.04 Å². The quantitative estimate of drug-likeness (QED) is 0.842. The predicted molar refractivity (Wildman–Crippen MR) is 87.9 cm³/mol. The molecule has 2 rings (SSSR count). The zero-order valence-electron chi connectivity index (χ0n) is 12.1. The van der Waals surface area contributed by atoms with Crippen LogP contribution < -0.4 is 5.32 Å². The van der Waals surface area contributed by atoms with Crippen molar-refractivity contribution < 1.29 is 0 Å². The molecule has 1 atom stereocenters. The summed E-state index contributed by atoms with van der Waals surface area (Å²) in [4.78, 5) is 4.54. The van der Waals surface area contributed by atoms with Crippen LogP contribution in [0, 0.1) is 0 Å². The minimum Gasteiger partial charge on any atom is -0.305 e. The average molecular weight is 333 g/mol. The van der Waals surface area contributed by atoms with Gasteiger partial charge in [-0.15, -0.1) is 0 Å². The third-order valence-corrected chi connectivity index (χ3v) is 3.96. The molecule has 3 heteroatoms. The zero-order valence-corrected chi connectivity index (χ0v) is 13.7. The fourth-order valence-electron chi connectivity index (χ4n) is 2.40. The minimum atomic E-state index is 0.132. The summed E-state index contributed by atoms with van der Waals surface area (Å²) in [5.41, 5.74) is 3.71. The second-order valence-electron chi connectivity index (χ2n) is 4.86. The lowest BCUT2D eigenvalue weighted by molar-refractivity contribution is 0.612. The van der Waals surface area contributed by atoms with Gasteiger partial charge in [0.05, 0.1) is 11.7 Å². The first-order chi connectivity index (χ1) is 9.76. The van der Waals surface area contributed by atoms with E-state index in [4.69, 9.17) is 0 Å². The van der Waals surface area contributed by atoms with Crippen LogP contribution in [-0.4, -0.2) is 11.5 Å². The van der Waals surface area contributed by atoms with Gasteiger partial charge in [0, 0.05) is 10.7 Å². The molecule has 106 valence electrons. The van der Waals surface area contributed by atoms with Gasteiger partial charge in [0.25, 0.3) is 0 Å². The van der Waals surface area contributed by atoms with Gasteiger partial charge in [-0.1, -0.05) is 44.5 Å². The van der Waals surface area contributed by atoms with Gasteiger partial charge in [-0.05, 0) is 52.2 Å². The number of nitrogens with zero attached hydrogens (tertiary/aromatic N) is 1. The molecule has 0 aliphatic rings. The number of benzene rings is 1. The van der Waals surface area contributed by atoms with E-state index in [9.17, 15) is 0 Å². The van der Waals surface area contributed by atoms with Gasteiger partial charge >= 0.3 is 0 Å². The number of nitrogens with one attached hydrogen (secondary N) is 1. The van der Waals surface area contributed by atoms with E-state index in [0.717, 1.165) is 23.1 Å². The molecule has 0 spiro atoms. The summed E-state index contributed by atoms with van der Waals surface area (Å²) in [5.74, 6) is 0. The summed E-state index contributed by atoms with van der Waals surface area (Å²) in [6, 6.07) is 12.9. The molecule has 20 heavy (non-hydrogen) atoms. The lowest BCUT2D eigenvalue weighted by Gasteiger charge is -2.19. The molecule has 0 saturated heterocycles. The lowest BCUT2D eigenvalue weighted by atomic mass is 9.99. The molecule has 0 aliphatic carbocycles.